The van der Waals surface area contributed by atoms with E-state index in [1.54, 1.807) is 13.8 Å². The molecule has 2 amide bonds. The fourth-order valence-corrected chi connectivity index (χ4v) is 4.07. The second-order valence-corrected chi connectivity index (χ2v) is 8.54. The number of halogens is 2. The van der Waals surface area contributed by atoms with E-state index in [9.17, 15) is 24.4 Å². The van der Waals surface area contributed by atoms with Crippen molar-refractivity contribution in [1.29, 1.82) is 0 Å². The number of non-ortho nitro benzene ring substituents is 1. The van der Waals surface area contributed by atoms with Gasteiger partial charge in [-0.15, -0.1) is 0 Å². The third-order valence-corrected chi connectivity index (χ3v) is 6.07. The molecule has 2 atom stereocenters. The number of amides is 2. The zero-order chi connectivity index (χ0) is 28.6. The Morgan fingerprint density at radius 1 is 1.21 bits per heavy atom. The van der Waals surface area contributed by atoms with E-state index in [4.69, 9.17) is 9.47 Å². The molecule has 0 aliphatic carbocycles. The fraction of sp³-hybridized carbons (Fsp3) is 0.400. The van der Waals surface area contributed by atoms with Crippen LogP contribution in [0.25, 0.3) is 0 Å². The van der Waals surface area contributed by atoms with Crippen molar-refractivity contribution in [2.75, 3.05) is 25.1 Å². The van der Waals surface area contributed by atoms with Crippen molar-refractivity contribution >= 4 is 17.4 Å². The maximum Gasteiger partial charge on any atom is 0.322 e. The molecule has 39 heavy (non-hydrogen) atoms. The molecule has 0 radical (unpaired) electrons. The third-order valence-electron chi connectivity index (χ3n) is 6.07. The Morgan fingerprint density at radius 2 is 1.87 bits per heavy atom. The van der Waals surface area contributed by atoms with Crippen LogP contribution in [0.1, 0.15) is 26.3 Å². The zero-order valence-corrected chi connectivity index (χ0v) is 21.7. The van der Waals surface area contributed by atoms with Crippen LogP contribution < -0.4 is 5.32 Å². The maximum absolute atomic E-state index is 15.1. The number of nitrogens with zero attached hydrogens (tertiary/aromatic N) is 5. The summed E-state index contributed by atoms with van der Waals surface area (Å²) in [7, 11) is 0. The molecule has 1 aromatic heterocycles. The Kier molecular flexibility index (Phi) is 9.98. The first-order chi connectivity index (χ1) is 18.6. The van der Waals surface area contributed by atoms with Crippen LogP contribution in [0.15, 0.2) is 55.1 Å². The van der Waals surface area contributed by atoms with Gasteiger partial charge in [-0.3, -0.25) is 10.1 Å². The molecule has 12 nitrogen and oxygen atoms in total. The second kappa shape index (κ2) is 13.2. The van der Waals surface area contributed by atoms with Gasteiger partial charge in [0.1, 0.15) is 29.9 Å². The summed E-state index contributed by atoms with van der Waals surface area (Å²) in [5, 5.41) is 29.6. The Hall–Kier alpha value is -4.01. The van der Waals surface area contributed by atoms with E-state index in [1.165, 1.54) is 53.4 Å². The van der Waals surface area contributed by atoms with Crippen molar-refractivity contribution in [3.05, 3.63) is 82.4 Å². The molecule has 210 valence electrons. The Labute approximate surface area is 223 Å². The number of anilines is 1. The highest BCUT2D eigenvalue weighted by Crippen LogP contribution is 2.33. The molecule has 0 fully saturated rings. The summed E-state index contributed by atoms with van der Waals surface area (Å²) in [6.45, 7) is 4.96. The van der Waals surface area contributed by atoms with Crippen molar-refractivity contribution in [1.82, 2.24) is 19.7 Å². The van der Waals surface area contributed by atoms with Crippen LogP contribution in [-0.4, -0.2) is 67.8 Å². The molecule has 0 bridgehead atoms. The van der Waals surface area contributed by atoms with Crippen LogP contribution in [0.2, 0.25) is 0 Å². The molecule has 3 aromatic rings. The number of aromatic nitrogens is 3. The highest BCUT2D eigenvalue weighted by Gasteiger charge is 2.44. The van der Waals surface area contributed by atoms with Crippen LogP contribution in [-0.2, 0) is 21.6 Å². The van der Waals surface area contributed by atoms with Gasteiger partial charge in [-0.05, 0) is 39.0 Å². The second-order valence-electron chi connectivity index (χ2n) is 8.54. The average Bonchev–Trinajstić information content (AvgIpc) is 3.40. The fourth-order valence-electron chi connectivity index (χ4n) is 4.07. The molecule has 0 aliphatic rings. The predicted octanol–water partition coefficient (Wildman–Crippen LogP) is 3.67. The van der Waals surface area contributed by atoms with E-state index < -0.39 is 40.5 Å². The summed E-state index contributed by atoms with van der Waals surface area (Å²) in [4.78, 5) is 29.1. The number of nitro benzene ring substituents is 1. The normalized spacial score (nSPS) is 13.6. The van der Waals surface area contributed by atoms with Gasteiger partial charge >= 0.3 is 6.03 Å². The lowest BCUT2D eigenvalue weighted by atomic mass is 9.85. The summed E-state index contributed by atoms with van der Waals surface area (Å²) < 4.78 is 41.3. The number of nitrogens with one attached hydrogen (secondary N) is 1. The number of aliphatic hydroxyl groups is 1. The summed E-state index contributed by atoms with van der Waals surface area (Å²) in [5.74, 6) is -1.86. The summed E-state index contributed by atoms with van der Waals surface area (Å²) in [6, 6.07) is 5.98. The number of benzene rings is 2. The lowest BCUT2D eigenvalue weighted by Crippen LogP contribution is -2.57. The molecule has 0 saturated carbocycles. The first-order valence-corrected chi connectivity index (χ1v) is 12.1. The van der Waals surface area contributed by atoms with E-state index in [0.29, 0.717) is 6.07 Å². The minimum atomic E-state index is -2.14. The molecule has 2 N–H and O–H groups in total. The standard InChI is InChI=1S/C25H30F2N6O6/c1-4-38-23(39-5-2)13-32(24(34)30-19-7-9-20(10-8-19)33(36)37)17(3)25(35,14-31-16-28-15-29-31)21-11-6-18(26)12-22(21)27/h6-12,15-17,23,35H,4-5,13-14H2,1-3H3,(H,30,34)/t17-,25-/m1/s1. The van der Waals surface area contributed by atoms with E-state index >= 15 is 4.39 Å². The van der Waals surface area contributed by atoms with Crippen LogP contribution in [0.5, 0.6) is 0 Å². The molecule has 0 saturated heterocycles. The molecule has 1 heterocycles. The van der Waals surface area contributed by atoms with Gasteiger partial charge in [-0.25, -0.2) is 23.2 Å². The lowest BCUT2D eigenvalue weighted by Gasteiger charge is -2.42. The van der Waals surface area contributed by atoms with Gasteiger partial charge in [-0.2, -0.15) is 5.10 Å². The molecular formula is C25H30F2N6O6. The highest BCUT2D eigenvalue weighted by molar-refractivity contribution is 5.89. The van der Waals surface area contributed by atoms with Gasteiger partial charge in [0.05, 0.1) is 24.1 Å². The number of hydrogen-bond donors (Lipinski definition) is 2. The number of nitro groups is 1. The lowest BCUT2D eigenvalue weighted by molar-refractivity contribution is -0.384. The Bertz CT molecular complexity index is 1240. The van der Waals surface area contributed by atoms with Gasteiger partial charge in [0.2, 0.25) is 0 Å². The first kappa shape index (κ1) is 29.5. The molecule has 14 heteroatoms. The number of carbonyl (C=O) groups is 1. The van der Waals surface area contributed by atoms with E-state index in [2.05, 4.69) is 15.4 Å². The van der Waals surface area contributed by atoms with Gasteiger partial charge in [0, 0.05) is 42.7 Å². The number of hydrogen-bond acceptors (Lipinski definition) is 8. The van der Waals surface area contributed by atoms with Crippen LogP contribution in [0.4, 0.5) is 25.0 Å². The highest BCUT2D eigenvalue weighted by atomic mass is 19.1. The Morgan fingerprint density at radius 3 is 2.41 bits per heavy atom. The quantitative estimate of drug-likeness (QED) is 0.187. The van der Waals surface area contributed by atoms with Gasteiger partial charge in [0.25, 0.3) is 5.69 Å². The molecule has 3 rings (SSSR count). The van der Waals surface area contributed by atoms with Gasteiger partial charge in [-0.1, -0.05) is 6.07 Å². The third kappa shape index (κ3) is 7.31. The number of ether oxygens (including phenoxy) is 2. The molecule has 0 aliphatic heterocycles. The van der Waals surface area contributed by atoms with Crippen molar-refractivity contribution in [3.8, 4) is 0 Å². The van der Waals surface area contributed by atoms with Crippen molar-refractivity contribution in [3.63, 3.8) is 0 Å². The van der Waals surface area contributed by atoms with Crippen LogP contribution >= 0.6 is 0 Å². The van der Waals surface area contributed by atoms with Gasteiger partial charge < -0.3 is 24.8 Å². The predicted molar refractivity (Wildman–Crippen MR) is 136 cm³/mol. The van der Waals surface area contributed by atoms with Crippen molar-refractivity contribution in [2.45, 2.75) is 45.2 Å². The minimum absolute atomic E-state index is 0.167. The average molecular weight is 549 g/mol. The Balaban J connectivity index is 2.04. The van der Waals surface area contributed by atoms with Crippen molar-refractivity contribution in [2.24, 2.45) is 0 Å². The van der Waals surface area contributed by atoms with E-state index in [-0.39, 0.29) is 43.2 Å². The monoisotopic (exact) mass is 548 g/mol. The van der Waals surface area contributed by atoms with E-state index in [0.717, 1.165) is 12.1 Å². The van der Waals surface area contributed by atoms with Crippen LogP contribution in [0, 0.1) is 21.7 Å². The topological polar surface area (TPSA) is 145 Å². The number of carbonyl (C=O) groups excluding carboxylic acids is 1. The summed E-state index contributed by atoms with van der Waals surface area (Å²) in [6.07, 6.45) is 1.63. The zero-order valence-electron chi connectivity index (χ0n) is 21.7. The summed E-state index contributed by atoms with van der Waals surface area (Å²) in [5.41, 5.74) is -2.34. The van der Waals surface area contributed by atoms with Gasteiger partial charge in [0.15, 0.2) is 6.29 Å². The molecule has 0 unspecified atom stereocenters. The number of urea groups is 1. The smallest absolute Gasteiger partial charge is 0.322 e. The van der Waals surface area contributed by atoms with Crippen LogP contribution in [0.3, 0.4) is 0 Å². The number of rotatable bonds is 13. The minimum Gasteiger partial charge on any atom is -0.381 e. The van der Waals surface area contributed by atoms with Crippen molar-refractivity contribution < 1.29 is 33.1 Å². The molecular weight excluding hydrogens is 518 g/mol. The van der Waals surface area contributed by atoms with E-state index in [1.807, 2.05) is 0 Å². The maximum atomic E-state index is 15.1. The SMILES string of the molecule is CCOC(CN(C(=O)Nc1ccc([N+](=O)[O-])cc1)[C@H](C)[C@](O)(Cn1cncn1)c1ccc(F)cc1F)OCC. The molecule has 0 spiro atoms. The first-order valence-electron chi connectivity index (χ1n) is 12.1. The molecule has 2 aromatic carbocycles. The summed E-state index contributed by atoms with van der Waals surface area (Å²) >= 11 is 0. The largest absolute Gasteiger partial charge is 0.381 e.